The highest BCUT2D eigenvalue weighted by Gasteiger charge is 2.23. The first-order valence-corrected chi connectivity index (χ1v) is 7.06. The maximum Gasteiger partial charge on any atom is 0.127 e. The molecule has 0 aliphatic heterocycles. The first-order valence-electron chi connectivity index (χ1n) is 5.91. The Bertz CT molecular complexity index is 460. The van der Waals surface area contributed by atoms with Crippen LogP contribution in [0.25, 0.3) is 0 Å². The Morgan fingerprint density at radius 2 is 2.05 bits per heavy atom. The summed E-state index contributed by atoms with van der Waals surface area (Å²) in [6.45, 7) is 5.17. The normalized spacial score (nSPS) is 15.1. The second-order valence-electron chi connectivity index (χ2n) is 5.16. The average molecular weight is 289 g/mol. The molecule has 0 spiro atoms. The molecule has 0 aromatic heterocycles. The minimum absolute atomic E-state index is 0.283. The molecule has 0 amide bonds. The van der Waals surface area contributed by atoms with E-state index in [0.717, 1.165) is 0 Å². The van der Waals surface area contributed by atoms with Crippen LogP contribution in [0.1, 0.15) is 32.4 Å². The number of methoxy groups -OCH3 is 1. The van der Waals surface area contributed by atoms with E-state index in [1.807, 2.05) is 20.8 Å². The topological polar surface area (TPSA) is 58.6 Å². The first kappa shape index (κ1) is 16.1. The molecule has 0 unspecified atom stereocenters. The van der Waals surface area contributed by atoms with Gasteiger partial charge in [-0.15, -0.1) is 0 Å². The minimum atomic E-state index is -1.36. The third-order valence-corrected chi connectivity index (χ3v) is 4.13. The van der Waals surface area contributed by atoms with E-state index < -0.39 is 27.6 Å². The monoisotopic (exact) mass is 289 g/mol. The molecule has 6 heteroatoms. The van der Waals surface area contributed by atoms with E-state index in [9.17, 15) is 13.7 Å². The molecule has 4 nitrogen and oxygen atoms in total. The second-order valence-corrected chi connectivity index (χ2v) is 7.16. The molecule has 0 radical (unpaired) electrons. The van der Waals surface area contributed by atoms with Gasteiger partial charge in [0.15, 0.2) is 0 Å². The molecule has 0 aliphatic carbocycles. The lowest BCUT2D eigenvalue weighted by molar-refractivity contribution is 0.259. The van der Waals surface area contributed by atoms with E-state index >= 15 is 0 Å². The lowest BCUT2D eigenvalue weighted by Gasteiger charge is -2.23. The molecule has 108 valence electrons. The van der Waals surface area contributed by atoms with Crippen molar-refractivity contribution in [1.82, 2.24) is 4.72 Å². The minimum Gasteiger partial charge on any atom is -0.497 e. The van der Waals surface area contributed by atoms with Crippen LogP contribution in [0, 0.1) is 5.82 Å². The van der Waals surface area contributed by atoms with E-state index in [-0.39, 0.29) is 6.61 Å². The number of aliphatic hydroxyl groups is 1. The molecular formula is C13H20FNO3S. The summed E-state index contributed by atoms with van der Waals surface area (Å²) < 4.78 is 32.7. The summed E-state index contributed by atoms with van der Waals surface area (Å²) in [7, 11) is 0.0815. The lowest BCUT2D eigenvalue weighted by atomic mass is 10.1. The Morgan fingerprint density at radius 1 is 1.42 bits per heavy atom. The van der Waals surface area contributed by atoms with Gasteiger partial charge in [0.05, 0.1) is 35.5 Å². The Labute approximate surface area is 115 Å². The van der Waals surface area contributed by atoms with Gasteiger partial charge in [-0.05, 0) is 38.5 Å². The fraction of sp³-hybridized carbons (Fsp3) is 0.538. The van der Waals surface area contributed by atoms with Crippen molar-refractivity contribution in [2.24, 2.45) is 0 Å². The van der Waals surface area contributed by atoms with Crippen molar-refractivity contribution in [2.45, 2.75) is 31.6 Å². The van der Waals surface area contributed by atoms with Crippen molar-refractivity contribution >= 4 is 11.0 Å². The first-order chi connectivity index (χ1) is 8.77. The highest BCUT2D eigenvalue weighted by atomic mass is 32.2. The number of aliphatic hydroxyl groups excluding tert-OH is 1. The molecule has 0 aliphatic rings. The predicted octanol–water partition coefficient (Wildman–Crippen LogP) is 1.92. The summed E-state index contributed by atoms with van der Waals surface area (Å²) in [5.41, 5.74) is 0.497. The Morgan fingerprint density at radius 3 is 2.53 bits per heavy atom. The molecule has 0 saturated carbocycles. The maximum absolute atomic E-state index is 13.4. The SMILES string of the molecule is COc1cc(F)cc([C@@H](CO)N[S@](=O)C(C)(C)C)c1. The van der Waals surface area contributed by atoms with Gasteiger partial charge in [-0.2, -0.15) is 0 Å². The van der Waals surface area contributed by atoms with E-state index in [1.165, 1.54) is 19.2 Å². The molecule has 1 aromatic rings. The third-order valence-electron chi connectivity index (χ3n) is 2.52. The van der Waals surface area contributed by atoms with Crippen molar-refractivity contribution in [3.8, 4) is 5.75 Å². The van der Waals surface area contributed by atoms with Crippen molar-refractivity contribution in [2.75, 3.05) is 13.7 Å². The third kappa shape index (κ3) is 4.56. The van der Waals surface area contributed by atoms with Gasteiger partial charge in [-0.25, -0.2) is 13.3 Å². The van der Waals surface area contributed by atoms with Crippen LogP contribution >= 0.6 is 0 Å². The Balaban J connectivity index is 2.97. The van der Waals surface area contributed by atoms with Crippen molar-refractivity contribution in [3.63, 3.8) is 0 Å². The van der Waals surface area contributed by atoms with Gasteiger partial charge >= 0.3 is 0 Å². The van der Waals surface area contributed by atoms with Crippen LogP contribution in [0.2, 0.25) is 0 Å². The Hall–Kier alpha value is -0.980. The van der Waals surface area contributed by atoms with Crippen molar-refractivity contribution in [1.29, 1.82) is 0 Å². The molecule has 0 bridgehead atoms. The van der Waals surface area contributed by atoms with Crippen LogP contribution in [0.4, 0.5) is 4.39 Å². The smallest absolute Gasteiger partial charge is 0.127 e. The summed E-state index contributed by atoms with van der Waals surface area (Å²) in [5, 5.41) is 9.39. The van der Waals surface area contributed by atoms with Crippen LogP contribution < -0.4 is 9.46 Å². The van der Waals surface area contributed by atoms with Gasteiger partial charge in [0, 0.05) is 6.07 Å². The quantitative estimate of drug-likeness (QED) is 0.870. The number of rotatable bonds is 5. The molecule has 0 heterocycles. The van der Waals surface area contributed by atoms with Crippen LogP contribution in [-0.2, 0) is 11.0 Å². The highest BCUT2D eigenvalue weighted by Crippen LogP contribution is 2.23. The highest BCUT2D eigenvalue weighted by molar-refractivity contribution is 7.84. The van der Waals surface area contributed by atoms with Gasteiger partial charge in [0.2, 0.25) is 0 Å². The number of hydrogen-bond donors (Lipinski definition) is 2. The van der Waals surface area contributed by atoms with Gasteiger partial charge < -0.3 is 9.84 Å². The van der Waals surface area contributed by atoms with Gasteiger partial charge in [-0.1, -0.05) is 0 Å². The summed E-state index contributed by atoms with van der Waals surface area (Å²) in [6, 6.07) is 3.54. The Kier molecular flexibility index (Phi) is 5.46. The maximum atomic E-state index is 13.4. The molecule has 19 heavy (non-hydrogen) atoms. The fourth-order valence-corrected chi connectivity index (χ4v) is 2.24. The zero-order valence-corrected chi connectivity index (χ0v) is 12.4. The molecule has 0 saturated heterocycles. The lowest BCUT2D eigenvalue weighted by Crippen LogP contribution is -2.37. The molecule has 2 N–H and O–H groups in total. The molecule has 0 fully saturated rings. The summed E-state index contributed by atoms with van der Waals surface area (Å²) >= 11 is 0. The van der Waals surface area contributed by atoms with Crippen LogP contribution in [0.15, 0.2) is 18.2 Å². The molecule has 1 rings (SSSR count). The summed E-state index contributed by atoms with van der Waals surface area (Å²) in [6.07, 6.45) is 0. The molecule has 1 aromatic carbocycles. The zero-order valence-electron chi connectivity index (χ0n) is 11.6. The summed E-state index contributed by atoms with van der Waals surface area (Å²) in [4.78, 5) is 0. The van der Waals surface area contributed by atoms with Gasteiger partial charge in [0.25, 0.3) is 0 Å². The number of halogens is 1. The van der Waals surface area contributed by atoms with E-state index in [4.69, 9.17) is 4.74 Å². The van der Waals surface area contributed by atoms with Crippen LogP contribution in [0.5, 0.6) is 5.75 Å². The van der Waals surface area contributed by atoms with Crippen molar-refractivity contribution in [3.05, 3.63) is 29.6 Å². The van der Waals surface area contributed by atoms with E-state index in [1.54, 1.807) is 6.07 Å². The number of nitrogens with one attached hydrogen (secondary N) is 1. The number of benzene rings is 1. The molecule has 2 atom stereocenters. The standard InChI is InChI=1S/C13H20FNO3S/c1-13(2,3)19(17)15-12(8-16)9-5-10(14)7-11(6-9)18-4/h5-7,12,15-16H,8H2,1-4H3/t12-,19-/m1/s1. The van der Waals surface area contributed by atoms with Crippen molar-refractivity contribution < 1.29 is 18.4 Å². The fourth-order valence-electron chi connectivity index (χ4n) is 1.42. The number of ether oxygens (including phenoxy) is 1. The van der Waals surface area contributed by atoms with Crippen LogP contribution in [0.3, 0.4) is 0 Å². The van der Waals surface area contributed by atoms with Gasteiger partial charge in [0.1, 0.15) is 11.6 Å². The van der Waals surface area contributed by atoms with E-state index in [0.29, 0.717) is 11.3 Å². The van der Waals surface area contributed by atoms with E-state index in [2.05, 4.69) is 4.72 Å². The zero-order chi connectivity index (χ0) is 14.6. The number of hydrogen-bond acceptors (Lipinski definition) is 3. The average Bonchev–Trinajstić information content (AvgIpc) is 2.33. The largest absolute Gasteiger partial charge is 0.497 e. The second kappa shape index (κ2) is 6.45. The molecular weight excluding hydrogens is 269 g/mol. The predicted molar refractivity (Wildman–Crippen MR) is 73.8 cm³/mol. The summed E-state index contributed by atoms with van der Waals surface area (Å²) in [5.74, 6) is -0.104. The van der Waals surface area contributed by atoms with Gasteiger partial charge in [-0.3, -0.25) is 0 Å². The van der Waals surface area contributed by atoms with Crippen LogP contribution in [-0.4, -0.2) is 27.8 Å².